The minimum atomic E-state index is -0.758. The molecule has 0 saturated carbocycles. The highest BCUT2D eigenvalue weighted by Crippen LogP contribution is 2.50. The first-order valence-electron chi connectivity index (χ1n) is 12.2. The first-order chi connectivity index (χ1) is 18.3. The molecule has 6 aromatic rings. The van der Waals surface area contributed by atoms with E-state index >= 15 is 0 Å². The average molecular weight is 496 g/mol. The van der Waals surface area contributed by atoms with Crippen molar-refractivity contribution in [3.63, 3.8) is 0 Å². The molecule has 0 fully saturated rings. The van der Waals surface area contributed by atoms with E-state index in [1.165, 1.54) is 15.9 Å². The topological polar surface area (TPSA) is 31.4 Å². The molecule has 0 atom stereocenters. The smallest absolute Gasteiger partial charge is 0.177 e. The van der Waals surface area contributed by atoms with Crippen molar-refractivity contribution in [3.05, 3.63) is 134 Å². The number of hydrogen-bond donors (Lipinski definition) is 0. The van der Waals surface area contributed by atoms with Gasteiger partial charge < -0.3 is 9.47 Å². The van der Waals surface area contributed by atoms with Gasteiger partial charge in [-0.3, -0.25) is 4.98 Å². The van der Waals surface area contributed by atoms with E-state index in [1.54, 1.807) is 0 Å². The van der Waals surface area contributed by atoms with Crippen molar-refractivity contribution >= 4 is 34.6 Å². The van der Waals surface area contributed by atoms with Crippen LogP contribution >= 0.6 is 7.92 Å². The van der Waals surface area contributed by atoms with Crippen molar-refractivity contribution in [2.45, 2.75) is 0 Å². The van der Waals surface area contributed by atoms with E-state index in [9.17, 15) is 0 Å². The summed E-state index contributed by atoms with van der Waals surface area (Å²) in [5, 5.41) is 5.92. The summed E-state index contributed by atoms with van der Waals surface area (Å²) in [5.41, 5.74) is 2.13. The first kappa shape index (κ1) is 21.8. The standard InChI is InChI=1S/C33H22NO2P/c1-3-11-24(12-4-1)37(25-13-5-2-6-14-25)26-19-23(21-34-22-26)29-20-32-33(28-16-8-7-15-27(28)29)36-31-18-10-9-17-30(31)35-32/h1-22H. The Balaban J connectivity index is 1.40. The summed E-state index contributed by atoms with van der Waals surface area (Å²) in [6.45, 7) is 0. The molecule has 0 bridgehead atoms. The molecule has 1 aliphatic rings. The highest BCUT2D eigenvalue weighted by molar-refractivity contribution is 7.79. The summed E-state index contributed by atoms with van der Waals surface area (Å²) in [6, 6.07) is 41.9. The number of hydrogen-bond acceptors (Lipinski definition) is 3. The second-order valence-corrected chi connectivity index (χ2v) is 11.1. The molecule has 0 amide bonds. The average Bonchev–Trinajstić information content (AvgIpc) is 2.97. The highest BCUT2D eigenvalue weighted by Gasteiger charge is 2.24. The van der Waals surface area contributed by atoms with E-state index in [1.807, 2.05) is 42.7 Å². The van der Waals surface area contributed by atoms with Crippen LogP contribution in [-0.2, 0) is 0 Å². The molecule has 37 heavy (non-hydrogen) atoms. The zero-order valence-electron chi connectivity index (χ0n) is 19.9. The second-order valence-electron chi connectivity index (χ2n) is 8.89. The SMILES string of the molecule is c1ccc(P(c2ccccc2)c2cncc(-c3cc4c(c5ccccc35)Oc3ccccc3O4)c2)cc1. The molecule has 0 N–H and O–H groups in total. The lowest BCUT2D eigenvalue weighted by atomic mass is 9.97. The number of pyridine rings is 1. The van der Waals surface area contributed by atoms with Crippen LogP contribution in [0.1, 0.15) is 0 Å². The molecule has 0 spiro atoms. The maximum Gasteiger partial charge on any atom is 0.177 e. The van der Waals surface area contributed by atoms with Gasteiger partial charge in [-0.2, -0.15) is 0 Å². The number of para-hydroxylation sites is 2. The van der Waals surface area contributed by atoms with Gasteiger partial charge in [-0.25, -0.2) is 0 Å². The molecular formula is C33H22NO2P. The van der Waals surface area contributed by atoms with Gasteiger partial charge in [-0.1, -0.05) is 97.1 Å². The van der Waals surface area contributed by atoms with Crippen molar-refractivity contribution in [3.8, 4) is 34.1 Å². The van der Waals surface area contributed by atoms with Crippen LogP contribution in [-0.4, -0.2) is 4.98 Å². The summed E-state index contributed by atoms with van der Waals surface area (Å²) in [4.78, 5) is 4.73. The molecule has 1 aromatic heterocycles. The van der Waals surface area contributed by atoms with Crippen LogP contribution in [0.15, 0.2) is 134 Å². The Bertz CT molecular complexity index is 1700. The fourth-order valence-corrected chi connectivity index (χ4v) is 7.17. The Morgan fingerprint density at radius 2 is 1.08 bits per heavy atom. The molecule has 176 valence electrons. The molecule has 0 unspecified atom stereocenters. The van der Waals surface area contributed by atoms with Gasteiger partial charge in [0.15, 0.2) is 23.0 Å². The van der Waals surface area contributed by atoms with Crippen LogP contribution in [0, 0.1) is 0 Å². The number of aromatic nitrogens is 1. The fourth-order valence-electron chi connectivity index (χ4n) is 4.89. The maximum atomic E-state index is 6.32. The normalized spacial score (nSPS) is 11.9. The van der Waals surface area contributed by atoms with Crippen LogP contribution in [0.25, 0.3) is 21.9 Å². The minimum Gasteiger partial charge on any atom is -0.449 e. The van der Waals surface area contributed by atoms with Gasteiger partial charge in [0, 0.05) is 28.6 Å². The molecule has 1 aliphatic heterocycles. The lowest BCUT2D eigenvalue weighted by molar-refractivity contribution is 0.363. The molecule has 3 nitrogen and oxygen atoms in total. The monoisotopic (exact) mass is 495 g/mol. The van der Waals surface area contributed by atoms with Gasteiger partial charge in [0.2, 0.25) is 0 Å². The molecule has 2 heterocycles. The van der Waals surface area contributed by atoms with Crippen LogP contribution in [0.4, 0.5) is 0 Å². The number of fused-ring (bicyclic) bond motifs is 4. The molecule has 0 saturated heterocycles. The molecule has 4 heteroatoms. The second kappa shape index (κ2) is 9.20. The molecular weight excluding hydrogens is 473 g/mol. The number of ether oxygens (including phenoxy) is 2. The molecule has 5 aromatic carbocycles. The van der Waals surface area contributed by atoms with Gasteiger partial charge in [-0.15, -0.1) is 0 Å². The lowest BCUT2D eigenvalue weighted by Crippen LogP contribution is -2.21. The number of nitrogens with zero attached hydrogens (tertiary/aromatic N) is 1. The third kappa shape index (κ3) is 3.94. The van der Waals surface area contributed by atoms with E-state index in [4.69, 9.17) is 14.5 Å². The Kier molecular flexibility index (Phi) is 5.42. The summed E-state index contributed by atoms with van der Waals surface area (Å²) >= 11 is 0. The van der Waals surface area contributed by atoms with Gasteiger partial charge >= 0.3 is 0 Å². The van der Waals surface area contributed by atoms with Crippen molar-refractivity contribution < 1.29 is 9.47 Å². The molecule has 0 radical (unpaired) electrons. The van der Waals surface area contributed by atoms with Gasteiger partial charge in [0.05, 0.1) is 0 Å². The predicted molar refractivity (Wildman–Crippen MR) is 152 cm³/mol. The van der Waals surface area contributed by atoms with Gasteiger partial charge in [0.25, 0.3) is 0 Å². The van der Waals surface area contributed by atoms with E-state index in [-0.39, 0.29) is 0 Å². The Morgan fingerprint density at radius 3 is 1.78 bits per heavy atom. The van der Waals surface area contributed by atoms with E-state index in [2.05, 4.69) is 91.0 Å². The Labute approximate surface area is 216 Å². The minimum absolute atomic E-state index is 0.714. The van der Waals surface area contributed by atoms with Crippen LogP contribution in [0.2, 0.25) is 0 Å². The number of rotatable bonds is 4. The highest BCUT2D eigenvalue weighted by atomic mass is 31.1. The molecule has 0 aliphatic carbocycles. The van der Waals surface area contributed by atoms with Gasteiger partial charge in [0.1, 0.15) is 0 Å². The van der Waals surface area contributed by atoms with Crippen molar-refractivity contribution in [1.82, 2.24) is 4.98 Å². The van der Waals surface area contributed by atoms with Crippen molar-refractivity contribution in [2.24, 2.45) is 0 Å². The summed E-state index contributed by atoms with van der Waals surface area (Å²) < 4.78 is 12.6. The van der Waals surface area contributed by atoms with Crippen LogP contribution in [0.5, 0.6) is 23.0 Å². The first-order valence-corrected chi connectivity index (χ1v) is 13.6. The maximum absolute atomic E-state index is 6.32. The molecule has 7 rings (SSSR count). The van der Waals surface area contributed by atoms with Crippen molar-refractivity contribution in [1.29, 1.82) is 0 Å². The zero-order chi connectivity index (χ0) is 24.6. The van der Waals surface area contributed by atoms with E-state index in [0.29, 0.717) is 5.75 Å². The van der Waals surface area contributed by atoms with Crippen LogP contribution in [0.3, 0.4) is 0 Å². The Morgan fingerprint density at radius 1 is 0.486 bits per heavy atom. The third-order valence-corrected chi connectivity index (χ3v) is 8.95. The number of benzene rings is 5. The predicted octanol–water partition coefficient (Wildman–Crippen LogP) is 7.56. The Hall–Kier alpha value is -4.46. The van der Waals surface area contributed by atoms with E-state index in [0.717, 1.165) is 39.1 Å². The van der Waals surface area contributed by atoms with Crippen molar-refractivity contribution in [2.75, 3.05) is 0 Å². The third-order valence-electron chi connectivity index (χ3n) is 6.56. The lowest BCUT2D eigenvalue weighted by Gasteiger charge is -2.24. The summed E-state index contributed by atoms with van der Waals surface area (Å²) in [5.74, 6) is 2.91. The largest absolute Gasteiger partial charge is 0.449 e. The zero-order valence-corrected chi connectivity index (χ0v) is 20.8. The van der Waals surface area contributed by atoms with Crippen LogP contribution < -0.4 is 25.4 Å². The summed E-state index contributed by atoms with van der Waals surface area (Å²) in [7, 11) is -0.758. The fraction of sp³-hybridized carbons (Fsp3) is 0. The van der Waals surface area contributed by atoms with E-state index < -0.39 is 7.92 Å². The quantitative estimate of drug-likeness (QED) is 0.236. The summed E-state index contributed by atoms with van der Waals surface area (Å²) in [6.07, 6.45) is 3.95. The van der Waals surface area contributed by atoms with Gasteiger partial charge in [-0.05, 0) is 53.7 Å².